The number of carbonyl (C=O) groups is 2. The van der Waals surface area contributed by atoms with Crippen LogP contribution in [0.25, 0.3) is 0 Å². The standard InChI is InChI=1S/C13H21NO3/c1-7-13(2,3)8-11(15)10(9-14(4)5)12(16)17-6/h7,9H,1,8H2,2-6H3/b10-9+. The van der Waals surface area contributed by atoms with Gasteiger partial charge < -0.3 is 9.64 Å². The molecule has 0 aliphatic rings. The van der Waals surface area contributed by atoms with Crippen molar-refractivity contribution in [1.82, 2.24) is 4.90 Å². The number of Topliss-reactive ketones (excluding diaryl/α,β-unsaturated/α-hetero) is 1. The molecular formula is C13H21NO3. The van der Waals surface area contributed by atoms with Gasteiger partial charge in [-0.1, -0.05) is 19.9 Å². The molecule has 0 aromatic heterocycles. The molecule has 0 atom stereocenters. The van der Waals surface area contributed by atoms with Crippen LogP contribution in [-0.4, -0.2) is 37.9 Å². The van der Waals surface area contributed by atoms with Crippen LogP contribution in [0.5, 0.6) is 0 Å². The van der Waals surface area contributed by atoms with E-state index in [2.05, 4.69) is 11.3 Å². The smallest absolute Gasteiger partial charge is 0.342 e. The minimum absolute atomic E-state index is 0.0624. The lowest BCUT2D eigenvalue weighted by atomic mass is 9.86. The van der Waals surface area contributed by atoms with Gasteiger partial charge in [0, 0.05) is 26.7 Å². The summed E-state index contributed by atoms with van der Waals surface area (Å²) in [5.74, 6) is -0.848. The first-order valence-electron chi connectivity index (χ1n) is 5.37. The van der Waals surface area contributed by atoms with Crippen molar-refractivity contribution >= 4 is 11.8 Å². The number of ether oxygens (including phenoxy) is 1. The molecule has 0 aromatic rings. The molecule has 4 heteroatoms. The molecule has 0 amide bonds. The van der Waals surface area contributed by atoms with Gasteiger partial charge in [-0.25, -0.2) is 4.79 Å². The van der Waals surface area contributed by atoms with Crippen molar-refractivity contribution in [1.29, 1.82) is 0 Å². The number of methoxy groups -OCH3 is 1. The third kappa shape index (κ3) is 5.33. The van der Waals surface area contributed by atoms with Gasteiger partial charge in [0.2, 0.25) is 0 Å². The number of nitrogens with zero attached hydrogens (tertiary/aromatic N) is 1. The second-order valence-corrected chi connectivity index (χ2v) is 4.79. The van der Waals surface area contributed by atoms with Crippen molar-refractivity contribution in [3.63, 3.8) is 0 Å². The van der Waals surface area contributed by atoms with E-state index in [4.69, 9.17) is 0 Å². The maximum atomic E-state index is 12.0. The molecule has 96 valence electrons. The highest BCUT2D eigenvalue weighted by Crippen LogP contribution is 2.23. The zero-order valence-corrected chi connectivity index (χ0v) is 11.2. The van der Waals surface area contributed by atoms with Gasteiger partial charge in [0.1, 0.15) is 5.57 Å². The summed E-state index contributed by atoms with van der Waals surface area (Å²) in [5, 5.41) is 0. The Morgan fingerprint density at radius 1 is 1.35 bits per heavy atom. The molecule has 0 rings (SSSR count). The first-order chi connectivity index (χ1) is 7.73. The zero-order chi connectivity index (χ0) is 13.6. The average Bonchev–Trinajstić information content (AvgIpc) is 2.23. The Balaban J connectivity index is 5.03. The SMILES string of the molecule is C=CC(C)(C)CC(=O)/C(=C\N(C)C)C(=O)OC. The number of allylic oxidation sites excluding steroid dienone is 1. The molecule has 4 nitrogen and oxygen atoms in total. The van der Waals surface area contributed by atoms with Crippen LogP contribution in [0.4, 0.5) is 0 Å². The predicted octanol–water partition coefficient (Wildman–Crippen LogP) is 1.78. The number of hydrogen-bond acceptors (Lipinski definition) is 4. The summed E-state index contributed by atoms with van der Waals surface area (Å²) in [6, 6.07) is 0. The molecule has 0 radical (unpaired) electrons. The van der Waals surface area contributed by atoms with Crippen LogP contribution in [0.1, 0.15) is 20.3 Å². The topological polar surface area (TPSA) is 46.6 Å². The molecule has 0 saturated carbocycles. The summed E-state index contributed by atoms with van der Waals surface area (Å²) in [4.78, 5) is 25.2. The summed E-state index contributed by atoms with van der Waals surface area (Å²) in [5.41, 5.74) is -0.274. The molecule has 0 aliphatic carbocycles. The van der Waals surface area contributed by atoms with E-state index in [-0.39, 0.29) is 23.2 Å². The van der Waals surface area contributed by atoms with E-state index >= 15 is 0 Å². The fraction of sp³-hybridized carbons (Fsp3) is 0.538. The number of esters is 1. The maximum absolute atomic E-state index is 12.0. The first kappa shape index (κ1) is 15.4. The van der Waals surface area contributed by atoms with Crippen molar-refractivity contribution in [2.45, 2.75) is 20.3 Å². The number of carbonyl (C=O) groups excluding carboxylic acids is 2. The van der Waals surface area contributed by atoms with Crippen LogP contribution in [0.15, 0.2) is 24.4 Å². The predicted molar refractivity (Wildman–Crippen MR) is 67.4 cm³/mol. The highest BCUT2D eigenvalue weighted by atomic mass is 16.5. The summed E-state index contributed by atoms with van der Waals surface area (Å²) in [6.07, 6.45) is 3.41. The average molecular weight is 239 g/mol. The molecule has 0 N–H and O–H groups in total. The quantitative estimate of drug-likeness (QED) is 0.233. The summed E-state index contributed by atoms with van der Waals surface area (Å²) >= 11 is 0. The molecular weight excluding hydrogens is 218 g/mol. The zero-order valence-electron chi connectivity index (χ0n) is 11.2. The number of hydrogen-bond donors (Lipinski definition) is 0. The van der Waals surface area contributed by atoms with E-state index in [0.29, 0.717) is 0 Å². The molecule has 0 heterocycles. The van der Waals surface area contributed by atoms with Gasteiger partial charge in [-0.15, -0.1) is 6.58 Å². The van der Waals surface area contributed by atoms with Crippen molar-refractivity contribution in [2.24, 2.45) is 5.41 Å². The Hall–Kier alpha value is -1.58. The van der Waals surface area contributed by atoms with Crippen molar-refractivity contribution in [3.05, 3.63) is 24.4 Å². The van der Waals surface area contributed by atoms with Gasteiger partial charge in [0.15, 0.2) is 5.78 Å². The van der Waals surface area contributed by atoms with Gasteiger partial charge in [0.05, 0.1) is 7.11 Å². The third-order valence-electron chi connectivity index (χ3n) is 2.26. The second-order valence-electron chi connectivity index (χ2n) is 4.79. The van der Waals surface area contributed by atoms with Gasteiger partial charge in [-0.2, -0.15) is 0 Å². The second kappa shape index (κ2) is 6.23. The van der Waals surface area contributed by atoms with Gasteiger partial charge in [-0.05, 0) is 5.41 Å². The van der Waals surface area contributed by atoms with Crippen LogP contribution < -0.4 is 0 Å². The normalized spacial score (nSPS) is 11.9. The molecule has 0 spiro atoms. The molecule has 0 aliphatic heterocycles. The minimum Gasteiger partial charge on any atom is -0.465 e. The molecule has 17 heavy (non-hydrogen) atoms. The lowest BCUT2D eigenvalue weighted by molar-refractivity contribution is -0.138. The molecule has 0 fully saturated rings. The lowest BCUT2D eigenvalue weighted by Gasteiger charge is -2.19. The van der Waals surface area contributed by atoms with E-state index in [1.54, 1.807) is 25.1 Å². The molecule has 0 saturated heterocycles. The van der Waals surface area contributed by atoms with E-state index in [1.165, 1.54) is 13.3 Å². The lowest BCUT2D eigenvalue weighted by Crippen LogP contribution is -2.22. The van der Waals surface area contributed by atoms with E-state index in [0.717, 1.165) is 0 Å². The van der Waals surface area contributed by atoms with Crippen molar-refractivity contribution in [3.8, 4) is 0 Å². The highest BCUT2D eigenvalue weighted by molar-refractivity contribution is 6.17. The summed E-state index contributed by atoms with van der Waals surface area (Å²) in [6.45, 7) is 7.46. The summed E-state index contributed by atoms with van der Waals surface area (Å²) < 4.78 is 4.60. The Kier molecular flexibility index (Phi) is 5.65. The first-order valence-corrected chi connectivity index (χ1v) is 5.37. The number of rotatable bonds is 6. The molecule has 0 bridgehead atoms. The van der Waals surface area contributed by atoms with Gasteiger partial charge in [-0.3, -0.25) is 4.79 Å². The molecule has 0 unspecified atom stereocenters. The highest BCUT2D eigenvalue weighted by Gasteiger charge is 2.25. The largest absolute Gasteiger partial charge is 0.465 e. The third-order valence-corrected chi connectivity index (χ3v) is 2.26. The van der Waals surface area contributed by atoms with Crippen LogP contribution in [0.3, 0.4) is 0 Å². The maximum Gasteiger partial charge on any atom is 0.342 e. The van der Waals surface area contributed by atoms with Gasteiger partial charge in [0.25, 0.3) is 0 Å². The van der Waals surface area contributed by atoms with Crippen LogP contribution in [-0.2, 0) is 14.3 Å². The van der Waals surface area contributed by atoms with Crippen molar-refractivity contribution < 1.29 is 14.3 Å². The Labute approximate surface area is 103 Å². The van der Waals surface area contributed by atoms with Crippen molar-refractivity contribution in [2.75, 3.05) is 21.2 Å². The minimum atomic E-state index is -0.608. The summed E-state index contributed by atoms with van der Waals surface area (Å²) in [7, 11) is 4.75. The Bertz CT molecular complexity index is 341. The van der Waals surface area contributed by atoms with Crippen LogP contribution in [0, 0.1) is 5.41 Å². The Morgan fingerprint density at radius 3 is 2.24 bits per heavy atom. The fourth-order valence-corrected chi connectivity index (χ4v) is 1.19. The van der Waals surface area contributed by atoms with Gasteiger partial charge >= 0.3 is 5.97 Å². The Morgan fingerprint density at radius 2 is 1.88 bits per heavy atom. The van der Waals surface area contributed by atoms with E-state index < -0.39 is 5.97 Å². The van der Waals surface area contributed by atoms with E-state index in [1.807, 2.05) is 13.8 Å². The van der Waals surface area contributed by atoms with Crippen LogP contribution in [0.2, 0.25) is 0 Å². The molecule has 0 aromatic carbocycles. The van der Waals surface area contributed by atoms with E-state index in [9.17, 15) is 9.59 Å². The monoisotopic (exact) mass is 239 g/mol. The van der Waals surface area contributed by atoms with Crippen LogP contribution >= 0.6 is 0 Å². The number of ketones is 1. The fourth-order valence-electron chi connectivity index (χ4n) is 1.19.